The Kier molecular flexibility index (Phi) is 9.26. The van der Waals surface area contributed by atoms with Crippen molar-refractivity contribution >= 4 is 23.6 Å². The fourth-order valence-electron chi connectivity index (χ4n) is 3.00. The van der Waals surface area contributed by atoms with Gasteiger partial charge in [-0.1, -0.05) is 60.2 Å². The van der Waals surface area contributed by atoms with E-state index >= 15 is 0 Å². The van der Waals surface area contributed by atoms with Crippen molar-refractivity contribution in [1.82, 2.24) is 10.2 Å². The second-order valence-electron chi connectivity index (χ2n) is 7.64. The predicted octanol–water partition coefficient (Wildman–Crippen LogP) is 4.21. The van der Waals surface area contributed by atoms with E-state index in [0.717, 1.165) is 17.7 Å². The highest BCUT2D eigenvalue weighted by atomic mass is 32.2. The van der Waals surface area contributed by atoms with E-state index in [1.165, 1.54) is 11.1 Å². The van der Waals surface area contributed by atoms with Crippen molar-refractivity contribution in [2.45, 2.75) is 52.0 Å². The minimum atomic E-state index is -0.492. The summed E-state index contributed by atoms with van der Waals surface area (Å²) in [6.07, 6.45) is 0.731. The molecule has 0 saturated carbocycles. The van der Waals surface area contributed by atoms with Gasteiger partial charge in [0, 0.05) is 18.3 Å². The number of thioether (sulfide) groups is 1. The number of amides is 2. The fourth-order valence-corrected chi connectivity index (χ4v) is 3.87. The molecule has 0 aromatic heterocycles. The number of hydrogen-bond donors (Lipinski definition) is 1. The number of hydrogen-bond acceptors (Lipinski definition) is 3. The average molecular weight is 413 g/mol. The molecule has 0 spiro atoms. The van der Waals surface area contributed by atoms with Crippen molar-refractivity contribution in [2.75, 3.05) is 12.3 Å². The number of benzene rings is 2. The Balaban J connectivity index is 1.98. The zero-order valence-electron chi connectivity index (χ0n) is 17.9. The third-order valence-corrected chi connectivity index (χ3v) is 5.69. The van der Waals surface area contributed by atoms with Gasteiger partial charge in [0.15, 0.2) is 0 Å². The maximum Gasteiger partial charge on any atom is 0.242 e. The summed E-state index contributed by atoms with van der Waals surface area (Å²) in [5, 5.41) is 2.92. The minimum absolute atomic E-state index is 0.00412. The van der Waals surface area contributed by atoms with Gasteiger partial charge in [-0.05, 0) is 45.2 Å². The molecular weight excluding hydrogens is 380 g/mol. The number of nitrogens with one attached hydrogen (secondary N) is 1. The molecule has 1 N–H and O–H groups in total. The molecule has 0 aliphatic heterocycles. The van der Waals surface area contributed by atoms with Crippen LogP contribution in [-0.2, 0) is 21.8 Å². The molecule has 0 aliphatic carbocycles. The van der Waals surface area contributed by atoms with E-state index in [9.17, 15) is 9.59 Å². The molecule has 5 heteroatoms. The van der Waals surface area contributed by atoms with E-state index in [4.69, 9.17) is 0 Å². The monoisotopic (exact) mass is 412 g/mol. The lowest BCUT2D eigenvalue weighted by molar-refractivity contribution is -0.138. The van der Waals surface area contributed by atoms with Crippen molar-refractivity contribution in [3.8, 4) is 0 Å². The van der Waals surface area contributed by atoms with E-state index in [0.29, 0.717) is 12.3 Å². The SMILES string of the molecule is Cc1ccc(CSCC(=O)N(CCc2ccccc2)[C@H](C)C(=O)NC(C)C)cc1. The van der Waals surface area contributed by atoms with Gasteiger partial charge >= 0.3 is 0 Å². The van der Waals surface area contributed by atoms with Gasteiger partial charge in [0.25, 0.3) is 0 Å². The highest BCUT2D eigenvalue weighted by Crippen LogP contribution is 2.15. The van der Waals surface area contributed by atoms with Crippen molar-refractivity contribution in [2.24, 2.45) is 0 Å². The molecular formula is C24H32N2O2S. The first-order valence-electron chi connectivity index (χ1n) is 10.1. The van der Waals surface area contributed by atoms with Crippen molar-refractivity contribution in [3.63, 3.8) is 0 Å². The zero-order chi connectivity index (χ0) is 21.2. The van der Waals surface area contributed by atoms with Crippen LogP contribution in [0.25, 0.3) is 0 Å². The number of aryl methyl sites for hydroxylation is 1. The third kappa shape index (κ3) is 7.94. The summed E-state index contributed by atoms with van der Waals surface area (Å²) in [6.45, 7) is 8.26. The number of nitrogens with zero attached hydrogens (tertiary/aromatic N) is 1. The Morgan fingerprint density at radius 3 is 2.24 bits per heavy atom. The van der Waals surface area contributed by atoms with Crippen LogP contribution in [-0.4, -0.2) is 41.1 Å². The lowest BCUT2D eigenvalue weighted by Crippen LogP contribution is -2.50. The molecule has 1 atom stereocenters. The van der Waals surface area contributed by atoms with Crippen molar-refractivity contribution in [1.29, 1.82) is 0 Å². The van der Waals surface area contributed by atoms with Crippen LogP contribution < -0.4 is 5.32 Å². The number of carbonyl (C=O) groups excluding carboxylic acids is 2. The van der Waals surface area contributed by atoms with Gasteiger partial charge < -0.3 is 10.2 Å². The van der Waals surface area contributed by atoms with Gasteiger partial charge in [-0.3, -0.25) is 9.59 Å². The van der Waals surface area contributed by atoms with Gasteiger partial charge in [-0.2, -0.15) is 0 Å². The quantitative estimate of drug-likeness (QED) is 0.636. The van der Waals surface area contributed by atoms with Gasteiger partial charge in [0.1, 0.15) is 6.04 Å². The summed E-state index contributed by atoms with van der Waals surface area (Å²) in [6, 6.07) is 18.0. The van der Waals surface area contributed by atoms with Gasteiger partial charge in [-0.25, -0.2) is 0 Å². The number of rotatable bonds is 10. The van der Waals surface area contributed by atoms with E-state index in [1.54, 1.807) is 16.7 Å². The fraction of sp³-hybridized carbons (Fsp3) is 0.417. The largest absolute Gasteiger partial charge is 0.352 e. The van der Waals surface area contributed by atoms with E-state index in [-0.39, 0.29) is 17.9 Å². The second-order valence-corrected chi connectivity index (χ2v) is 8.63. The zero-order valence-corrected chi connectivity index (χ0v) is 18.7. The Morgan fingerprint density at radius 2 is 1.62 bits per heavy atom. The van der Waals surface area contributed by atoms with E-state index in [1.807, 2.05) is 51.1 Å². The third-order valence-electron chi connectivity index (χ3n) is 4.70. The van der Waals surface area contributed by atoms with Crippen LogP contribution in [0.5, 0.6) is 0 Å². The molecule has 2 aromatic carbocycles. The lowest BCUT2D eigenvalue weighted by Gasteiger charge is -2.29. The summed E-state index contributed by atoms with van der Waals surface area (Å²) in [4.78, 5) is 27.2. The predicted molar refractivity (Wildman–Crippen MR) is 122 cm³/mol. The Bertz CT molecular complexity index is 775. The van der Waals surface area contributed by atoms with Crippen LogP contribution in [0.15, 0.2) is 54.6 Å². The second kappa shape index (κ2) is 11.7. The molecule has 0 heterocycles. The smallest absolute Gasteiger partial charge is 0.242 e. The molecule has 0 saturated heterocycles. The molecule has 156 valence electrons. The first-order valence-corrected chi connectivity index (χ1v) is 11.3. The van der Waals surface area contributed by atoms with Gasteiger partial charge in [-0.15, -0.1) is 11.8 Å². The minimum Gasteiger partial charge on any atom is -0.352 e. The molecule has 0 bridgehead atoms. The van der Waals surface area contributed by atoms with E-state index in [2.05, 4.69) is 36.5 Å². The van der Waals surface area contributed by atoms with Gasteiger partial charge in [0.05, 0.1) is 5.75 Å². The molecule has 0 unspecified atom stereocenters. The van der Waals surface area contributed by atoms with Crippen LogP contribution in [0.3, 0.4) is 0 Å². The normalized spacial score (nSPS) is 11.9. The first-order chi connectivity index (χ1) is 13.9. The van der Waals surface area contributed by atoms with Crippen LogP contribution in [0.2, 0.25) is 0 Å². The Morgan fingerprint density at radius 1 is 0.966 bits per heavy atom. The standard InChI is InChI=1S/C24H32N2O2S/c1-18(2)25-24(28)20(4)26(15-14-21-8-6-5-7-9-21)23(27)17-29-16-22-12-10-19(3)11-13-22/h5-13,18,20H,14-17H2,1-4H3,(H,25,28)/t20-/m1/s1. The summed E-state index contributed by atoms with van der Waals surface area (Å²) in [5.41, 5.74) is 3.59. The molecule has 0 radical (unpaired) electrons. The summed E-state index contributed by atoms with van der Waals surface area (Å²) in [5.74, 6) is 1.04. The van der Waals surface area contributed by atoms with Crippen LogP contribution in [0.4, 0.5) is 0 Å². The highest BCUT2D eigenvalue weighted by Gasteiger charge is 2.25. The highest BCUT2D eigenvalue weighted by molar-refractivity contribution is 7.99. The number of carbonyl (C=O) groups is 2. The topological polar surface area (TPSA) is 49.4 Å². The van der Waals surface area contributed by atoms with Crippen molar-refractivity contribution < 1.29 is 9.59 Å². The molecule has 0 fully saturated rings. The lowest BCUT2D eigenvalue weighted by atomic mass is 10.1. The van der Waals surface area contributed by atoms with Crippen LogP contribution in [0, 0.1) is 6.92 Å². The van der Waals surface area contributed by atoms with Crippen LogP contribution >= 0.6 is 11.8 Å². The molecule has 2 aromatic rings. The summed E-state index contributed by atoms with van der Waals surface area (Å²) >= 11 is 1.59. The maximum atomic E-state index is 13.0. The first kappa shape index (κ1) is 23.0. The summed E-state index contributed by atoms with van der Waals surface area (Å²) < 4.78 is 0. The van der Waals surface area contributed by atoms with Crippen LogP contribution in [0.1, 0.15) is 37.5 Å². The van der Waals surface area contributed by atoms with Gasteiger partial charge in [0.2, 0.25) is 11.8 Å². The molecule has 29 heavy (non-hydrogen) atoms. The van der Waals surface area contributed by atoms with Crippen molar-refractivity contribution in [3.05, 3.63) is 71.3 Å². The molecule has 0 aliphatic rings. The summed E-state index contributed by atoms with van der Waals surface area (Å²) in [7, 11) is 0. The Hall–Kier alpha value is -2.27. The maximum absolute atomic E-state index is 13.0. The average Bonchev–Trinajstić information content (AvgIpc) is 2.69. The molecule has 4 nitrogen and oxygen atoms in total. The van der Waals surface area contributed by atoms with E-state index < -0.39 is 6.04 Å². The Labute approximate surface area is 179 Å². The molecule has 2 amide bonds. The molecule has 2 rings (SSSR count).